The van der Waals surface area contributed by atoms with Gasteiger partial charge in [0.2, 0.25) is 11.8 Å². The van der Waals surface area contributed by atoms with Gasteiger partial charge >= 0.3 is 0 Å². The molecule has 1 aliphatic heterocycles. The molecule has 0 fully saturated rings. The predicted octanol–water partition coefficient (Wildman–Crippen LogP) is 4.11. The van der Waals surface area contributed by atoms with E-state index in [1.807, 2.05) is 54.3 Å². The van der Waals surface area contributed by atoms with Gasteiger partial charge in [0.15, 0.2) is 0 Å². The molecule has 130 valence electrons. The van der Waals surface area contributed by atoms with Crippen LogP contribution in [-0.2, 0) is 16.0 Å². The van der Waals surface area contributed by atoms with Gasteiger partial charge in [-0.05, 0) is 37.1 Å². The van der Waals surface area contributed by atoms with Gasteiger partial charge < -0.3 is 10.2 Å². The van der Waals surface area contributed by atoms with Crippen molar-refractivity contribution in [1.82, 2.24) is 0 Å². The zero-order chi connectivity index (χ0) is 17.8. The van der Waals surface area contributed by atoms with Crippen molar-refractivity contribution in [2.75, 3.05) is 16.0 Å². The number of nitrogens with zero attached hydrogens (tertiary/aromatic N) is 1. The Labute approximate surface area is 152 Å². The van der Waals surface area contributed by atoms with Crippen LogP contribution in [0, 0.1) is 0 Å². The van der Waals surface area contributed by atoms with Crippen molar-refractivity contribution in [2.45, 2.75) is 37.6 Å². The van der Waals surface area contributed by atoms with Crippen LogP contribution in [0.4, 0.5) is 11.4 Å². The first-order valence-electron chi connectivity index (χ1n) is 8.51. The molecule has 0 spiro atoms. The van der Waals surface area contributed by atoms with Gasteiger partial charge in [-0.25, -0.2) is 0 Å². The van der Waals surface area contributed by atoms with Crippen LogP contribution in [-0.4, -0.2) is 23.6 Å². The highest BCUT2D eigenvalue weighted by Gasteiger charge is 2.30. The number of anilines is 2. The topological polar surface area (TPSA) is 49.4 Å². The molecule has 2 aromatic rings. The first-order valence-corrected chi connectivity index (χ1v) is 9.50. The zero-order valence-electron chi connectivity index (χ0n) is 14.5. The summed E-state index contributed by atoms with van der Waals surface area (Å²) in [5.41, 5.74) is 3.01. The third kappa shape index (κ3) is 3.87. The van der Waals surface area contributed by atoms with E-state index in [-0.39, 0.29) is 17.9 Å². The minimum Gasteiger partial charge on any atom is -0.325 e. The SMILES string of the molecule is CCC(=O)Nc1ccccc1SCC(=O)N1c2ccccc2C[C@@H]1C. The molecule has 0 radical (unpaired) electrons. The van der Waals surface area contributed by atoms with Crippen molar-refractivity contribution in [2.24, 2.45) is 0 Å². The van der Waals surface area contributed by atoms with Gasteiger partial charge in [-0.3, -0.25) is 9.59 Å². The molecule has 0 aromatic heterocycles. The highest BCUT2D eigenvalue weighted by Crippen LogP contribution is 2.33. The molecular weight excluding hydrogens is 332 g/mol. The smallest absolute Gasteiger partial charge is 0.237 e. The van der Waals surface area contributed by atoms with E-state index in [2.05, 4.69) is 18.3 Å². The highest BCUT2D eigenvalue weighted by molar-refractivity contribution is 8.00. The Morgan fingerprint density at radius 3 is 2.68 bits per heavy atom. The Morgan fingerprint density at radius 2 is 1.88 bits per heavy atom. The van der Waals surface area contributed by atoms with E-state index in [4.69, 9.17) is 0 Å². The molecule has 3 rings (SSSR count). The summed E-state index contributed by atoms with van der Waals surface area (Å²) in [7, 11) is 0. The number of carbonyl (C=O) groups is 2. The highest BCUT2D eigenvalue weighted by atomic mass is 32.2. The number of amides is 2. The van der Waals surface area contributed by atoms with Gasteiger partial charge in [0.1, 0.15) is 0 Å². The lowest BCUT2D eigenvalue weighted by Crippen LogP contribution is -2.36. The maximum absolute atomic E-state index is 12.8. The molecular formula is C20H22N2O2S. The van der Waals surface area contributed by atoms with Crippen molar-refractivity contribution >= 4 is 35.0 Å². The standard InChI is InChI=1S/C20H22N2O2S/c1-3-19(23)21-16-9-5-7-11-18(16)25-13-20(24)22-14(2)12-15-8-4-6-10-17(15)22/h4-11,14H,3,12-13H2,1-2H3,(H,21,23)/t14-/m0/s1. The van der Waals surface area contributed by atoms with Crippen molar-refractivity contribution in [3.05, 3.63) is 54.1 Å². The van der Waals surface area contributed by atoms with E-state index in [0.29, 0.717) is 12.2 Å². The van der Waals surface area contributed by atoms with Gasteiger partial charge in [0.05, 0.1) is 11.4 Å². The fraction of sp³-hybridized carbons (Fsp3) is 0.300. The van der Waals surface area contributed by atoms with Crippen LogP contribution in [0.25, 0.3) is 0 Å². The number of benzene rings is 2. The minimum absolute atomic E-state index is 0.0264. The third-order valence-electron chi connectivity index (χ3n) is 4.31. The lowest BCUT2D eigenvalue weighted by molar-refractivity contribution is -0.117. The minimum atomic E-state index is -0.0264. The second kappa shape index (κ2) is 7.74. The quantitative estimate of drug-likeness (QED) is 0.822. The monoisotopic (exact) mass is 354 g/mol. The molecule has 1 heterocycles. The maximum atomic E-state index is 12.8. The zero-order valence-corrected chi connectivity index (χ0v) is 15.3. The van der Waals surface area contributed by atoms with E-state index in [1.54, 1.807) is 0 Å². The Hall–Kier alpha value is -2.27. The molecule has 25 heavy (non-hydrogen) atoms. The number of carbonyl (C=O) groups excluding carboxylic acids is 2. The van der Waals surface area contributed by atoms with Gasteiger partial charge in [0.25, 0.3) is 0 Å². The molecule has 5 heteroatoms. The number of hydrogen-bond acceptors (Lipinski definition) is 3. The van der Waals surface area contributed by atoms with Crippen LogP contribution in [0.15, 0.2) is 53.4 Å². The second-order valence-electron chi connectivity index (χ2n) is 6.13. The molecule has 2 aromatic carbocycles. The lowest BCUT2D eigenvalue weighted by atomic mass is 10.1. The number of thioether (sulfide) groups is 1. The first-order chi connectivity index (χ1) is 12.1. The van der Waals surface area contributed by atoms with Crippen LogP contribution in [0.2, 0.25) is 0 Å². The van der Waals surface area contributed by atoms with Gasteiger partial charge in [0, 0.05) is 23.0 Å². The number of hydrogen-bond donors (Lipinski definition) is 1. The fourth-order valence-corrected chi connectivity index (χ4v) is 3.96. The second-order valence-corrected chi connectivity index (χ2v) is 7.15. The average molecular weight is 354 g/mol. The summed E-state index contributed by atoms with van der Waals surface area (Å²) in [6, 6.07) is 15.9. The summed E-state index contributed by atoms with van der Waals surface area (Å²) < 4.78 is 0. The van der Waals surface area contributed by atoms with E-state index >= 15 is 0 Å². The Balaban J connectivity index is 1.70. The third-order valence-corrected chi connectivity index (χ3v) is 5.37. The first kappa shape index (κ1) is 17.5. The Kier molecular flexibility index (Phi) is 5.43. The molecule has 0 unspecified atom stereocenters. The van der Waals surface area contributed by atoms with Crippen LogP contribution < -0.4 is 10.2 Å². The molecule has 4 nitrogen and oxygen atoms in total. The summed E-state index contributed by atoms with van der Waals surface area (Å²) >= 11 is 1.47. The summed E-state index contributed by atoms with van der Waals surface area (Å²) in [5.74, 6) is 0.415. The van der Waals surface area contributed by atoms with E-state index in [9.17, 15) is 9.59 Å². The number of fused-ring (bicyclic) bond motifs is 1. The van der Waals surface area contributed by atoms with Crippen LogP contribution >= 0.6 is 11.8 Å². The summed E-state index contributed by atoms with van der Waals surface area (Å²) in [5, 5.41) is 2.89. The molecule has 0 saturated carbocycles. The van der Waals surface area contributed by atoms with E-state index in [0.717, 1.165) is 22.7 Å². The average Bonchev–Trinajstić information content (AvgIpc) is 2.96. The fourth-order valence-electron chi connectivity index (χ4n) is 3.09. The van der Waals surface area contributed by atoms with Crippen LogP contribution in [0.5, 0.6) is 0 Å². The molecule has 0 aliphatic carbocycles. The van der Waals surface area contributed by atoms with Gasteiger partial charge in [-0.2, -0.15) is 0 Å². The molecule has 1 atom stereocenters. The Bertz CT molecular complexity index is 791. The van der Waals surface area contributed by atoms with E-state index < -0.39 is 0 Å². The molecule has 0 bridgehead atoms. The Morgan fingerprint density at radius 1 is 1.16 bits per heavy atom. The van der Waals surface area contributed by atoms with Crippen molar-refractivity contribution in [1.29, 1.82) is 0 Å². The van der Waals surface area contributed by atoms with E-state index in [1.165, 1.54) is 17.3 Å². The van der Waals surface area contributed by atoms with Crippen LogP contribution in [0.1, 0.15) is 25.8 Å². The normalized spacial score (nSPS) is 15.8. The number of rotatable bonds is 5. The summed E-state index contributed by atoms with van der Waals surface area (Å²) in [6.07, 6.45) is 1.33. The number of para-hydroxylation sites is 2. The molecule has 1 aliphatic rings. The molecule has 1 N–H and O–H groups in total. The molecule has 0 saturated heterocycles. The van der Waals surface area contributed by atoms with Crippen molar-refractivity contribution in [3.63, 3.8) is 0 Å². The van der Waals surface area contributed by atoms with Crippen molar-refractivity contribution in [3.8, 4) is 0 Å². The van der Waals surface area contributed by atoms with Crippen LogP contribution in [0.3, 0.4) is 0 Å². The summed E-state index contributed by atoms with van der Waals surface area (Å²) in [6.45, 7) is 3.90. The number of nitrogens with one attached hydrogen (secondary N) is 1. The van der Waals surface area contributed by atoms with Gasteiger partial charge in [-0.1, -0.05) is 37.3 Å². The van der Waals surface area contributed by atoms with Crippen molar-refractivity contribution < 1.29 is 9.59 Å². The lowest BCUT2D eigenvalue weighted by Gasteiger charge is -2.22. The predicted molar refractivity (Wildman–Crippen MR) is 103 cm³/mol. The summed E-state index contributed by atoms with van der Waals surface area (Å²) in [4.78, 5) is 27.3. The molecule has 2 amide bonds. The maximum Gasteiger partial charge on any atom is 0.237 e. The van der Waals surface area contributed by atoms with Gasteiger partial charge in [-0.15, -0.1) is 11.8 Å². The largest absolute Gasteiger partial charge is 0.325 e.